The molecule has 2 amide bonds. The highest BCUT2D eigenvalue weighted by Crippen LogP contribution is 2.35. The molecule has 3 rings (SSSR count). The Morgan fingerprint density at radius 1 is 1.24 bits per heavy atom. The van der Waals surface area contributed by atoms with E-state index in [1.54, 1.807) is 17.4 Å². The first kappa shape index (κ1) is 17.7. The average Bonchev–Trinajstić information content (AvgIpc) is 3.09. The first-order valence-electron chi connectivity index (χ1n) is 8.72. The van der Waals surface area contributed by atoms with E-state index >= 15 is 0 Å². The monoisotopic (exact) mass is 356 g/mol. The molecule has 0 saturated heterocycles. The number of hydrogen-bond acceptors (Lipinski definition) is 3. The van der Waals surface area contributed by atoms with Crippen LogP contribution in [0.1, 0.15) is 51.3 Å². The number of rotatable bonds is 4. The van der Waals surface area contributed by atoms with Crippen molar-refractivity contribution in [2.75, 3.05) is 13.1 Å². The molecule has 132 valence electrons. The first-order chi connectivity index (χ1) is 12.0. The number of hydrogen-bond donors (Lipinski definition) is 1. The van der Waals surface area contributed by atoms with Crippen molar-refractivity contribution in [3.8, 4) is 0 Å². The van der Waals surface area contributed by atoms with Gasteiger partial charge < -0.3 is 10.2 Å². The molecule has 2 heterocycles. The van der Waals surface area contributed by atoms with Crippen LogP contribution >= 0.6 is 11.3 Å². The van der Waals surface area contributed by atoms with Gasteiger partial charge in [-0.3, -0.25) is 9.59 Å². The van der Waals surface area contributed by atoms with Crippen molar-refractivity contribution in [3.63, 3.8) is 0 Å². The SMILES string of the molecule is CCC1c2ccsc2CCN1C(=O)CNC(=O)c1ccc(C)c(C)c1. The molecule has 5 heteroatoms. The van der Waals surface area contributed by atoms with Crippen molar-refractivity contribution < 1.29 is 9.59 Å². The van der Waals surface area contributed by atoms with E-state index in [1.807, 2.05) is 30.9 Å². The summed E-state index contributed by atoms with van der Waals surface area (Å²) in [7, 11) is 0. The third-order valence-electron chi connectivity index (χ3n) is 4.97. The van der Waals surface area contributed by atoms with E-state index in [-0.39, 0.29) is 24.4 Å². The molecule has 0 aliphatic carbocycles. The number of amides is 2. The van der Waals surface area contributed by atoms with Crippen LogP contribution in [-0.4, -0.2) is 29.8 Å². The fourth-order valence-corrected chi connectivity index (χ4v) is 4.31. The molecule has 1 unspecified atom stereocenters. The Hall–Kier alpha value is -2.14. The minimum Gasteiger partial charge on any atom is -0.343 e. The van der Waals surface area contributed by atoms with Gasteiger partial charge in [-0.15, -0.1) is 11.3 Å². The van der Waals surface area contributed by atoms with E-state index in [0.29, 0.717) is 5.56 Å². The van der Waals surface area contributed by atoms with Gasteiger partial charge in [-0.1, -0.05) is 13.0 Å². The summed E-state index contributed by atoms with van der Waals surface area (Å²) >= 11 is 1.77. The summed E-state index contributed by atoms with van der Waals surface area (Å²) in [5.74, 6) is -0.210. The molecule has 0 spiro atoms. The molecule has 25 heavy (non-hydrogen) atoms. The van der Waals surface area contributed by atoms with Crippen LogP contribution in [0.15, 0.2) is 29.6 Å². The van der Waals surface area contributed by atoms with Gasteiger partial charge in [0.15, 0.2) is 0 Å². The Balaban J connectivity index is 1.64. The van der Waals surface area contributed by atoms with Crippen molar-refractivity contribution >= 4 is 23.2 Å². The molecule has 0 bridgehead atoms. The second kappa shape index (κ2) is 7.40. The topological polar surface area (TPSA) is 49.4 Å². The minimum atomic E-state index is -0.197. The molecule has 2 aromatic rings. The number of aryl methyl sites for hydroxylation is 2. The van der Waals surface area contributed by atoms with Crippen LogP contribution in [0.3, 0.4) is 0 Å². The summed E-state index contributed by atoms with van der Waals surface area (Å²) in [6, 6.07) is 7.85. The third kappa shape index (κ3) is 3.61. The molecule has 0 saturated carbocycles. The third-order valence-corrected chi connectivity index (χ3v) is 5.97. The van der Waals surface area contributed by atoms with Gasteiger partial charge >= 0.3 is 0 Å². The van der Waals surface area contributed by atoms with Crippen LogP contribution in [0.5, 0.6) is 0 Å². The van der Waals surface area contributed by atoms with E-state index in [1.165, 1.54) is 10.4 Å². The Morgan fingerprint density at radius 2 is 2.04 bits per heavy atom. The summed E-state index contributed by atoms with van der Waals surface area (Å²) in [5.41, 5.74) is 4.10. The standard InChI is InChI=1S/C20H24N2O2S/c1-4-17-16-8-10-25-18(16)7-9-22(17)19(23)12-21-20(24)15-6-5-13(2)14(3)11-15/h5-6,8,10-11,17H,4,7,9,12H2,1-3H3,(H,21,24). The van der Waals surface area contributed by atoms with Crippen LogP contribution in [0.4, 0.5) is 0 Å². The quantitative estimate of drug-likeness (QED) is 0.909. The van der Waals surface area contributed by atoms with Crippen molar-refractivity contribution in [3.05, 3.63) is 56.8 Å². The fraction of sp³-hybridized carbons (Fsp3) is 0.400. The lowest BCUT2D eigenvalue weighted by Crippen LogP contribution is -2.44. The van der Waals surface area contributed by atoms with E-state index in [4.69, 9.17) is 0 Å². The molecular weight excluding hydrogens is 332 g/mol. The van der Waals surface area contributed by atoms with E-state index in [2.05, 4.69) is 23.7 Å². The molecule has 1 N–H and O–H groups in total. The highest BCUT2D eigenvalue weighted by Gasteiger charge is 2.30. The van der Waals surface area contributed by atoms with Crippen LogP contribution in [0.2, 0.25) is 0 Å². The number of thiophene rings is 1. The van der Waals surface area contributed by atoms with Gasteiger partial charge in [0.25, 0.3) is 5.91 Å². The number of fused-ring (bicyclic) bond motifs is 1. The van der Waals surface area contributed by atoms with Crippen LogP contribution in [0.25, 0.3) is 0 Å². The maximum Gasteiger partial charge on any atom is 0.251 e. The van der Waals surface area contributed by atoms with Gasteiger partial charge in [-0.2, -0.15) is 0 Å². The molecule has 0 fully saturated rings. The molecule has 4 nitrogen and oxygen atoms in total. The lowest BCUT2D eigenvalue weighted by molar-refractivity contribution is -0.133. The Morgan fingerprint density at radius 3 is 2.76 bits per heavy atom. The minimum absolute atomic E-state index is 0.0131. The van der Waals surface area contributed by atoms with Gasteiger partial charge in [-0.25, -0.2) is 0 Å². The smallest absolute Gasteiger partial charge is 0.251 e. The fourth-order valence-electron chi connectivity index (χ4n) is 3.38. The zero-order valence-corrected chi connectivity index (χ0v) is 15.8. The van der Waals surface area contributed by atoms with Gasteiger partial charge in [0, 0.05) is 17.0 Å². The van der Waals surface area contributed by atoms with Gasteiger partial charge in [0.2, 0.25) is 5.91 Å². The second-order valence-electron chi connectivity index (χ2n) is 6.54. The molecule has 1 aliphatic heterocycles. The van der Waals surface area contributed by atoms with E-state index < -0.39 is 0 Å². The number of nitrogens with one attached hydrogen (secondary N) is 1. The highest BCUT2D eigenvalue weighted by atomic mass is 32.1. The van der Waals surface area contributed by atoms with Crippen molar-refractivity contribution in [1.29, 1.82) is 0 Å². The lowest BCUT2D eigenvalue weighted by Gasteiger charge is -2.35. The second-order valence-corrected chi connectivity index (χ2v) is 7.54. The Labute approximate surface area is 152 Å². The maximum atomic E-state index is 12.7. The average molecular weight is 356 g/mol. The van der Waals surface area contributed by atoms with Gasteiger partial charge in [0.1, 0.15) is 0 Å². The summed E-state index contributed by atoms with van der Waals surface area (Å²) < 4.78 is 0. The predicted molar refractivity (Wildman–Crippen MR) is 101 cm³/mol. The summed E-state index contributed by atoms with van der Waals surface area (Å²) in [5, 5.41) is 4.88. The number of benzene rings is 1. The Bertz CT molecular complexity index is 797. The molecule has 1 aliphatic rings. The zero-order valence-electron chi connectivity index (χ0n) is 15.0. The van der Waals surface area contributed by atoms with Crippen molar-refractivity contribution in [2.45, 2.75) is 39.7 Å². The van der Waals surface area contributed by atoms with Crippen molar-refractivity contribution in [2.24, 2.45) is 0 Å². The molecular formula is C20H24N2O2S. The molecule has 0 radical (unpaired) electrons. The molecule has 1 atom stereocenters. The lowest BCUT2D eigenvalue weighted by atomic mass is 9.98. The predicted octanol–water partition coefficient (Wildman–Crippen LogP) is 3.63. The molecule has 1 aromatic heterocycles. The van der Waals surface area contributed by atoms with Crippen molar-refractivity contribution in [1.82, 2.24) is 10.2 Å². The molecule has 1 aromatic carbocycles. The maximum absolute atomic E-state index is 12.7. The van der Waals surface area contributed by atoms with Gasteiger partial charge in [-0.05, 0) is 67.0 Å². The normalized spacial score (nSPS) is 16.4. The summed E-state index contributed by atoms with van der Waals surface area (Å²) in [6.07, 6.45) is 1.79. The number of nitrogens with zero attached hydrogens (tertiary/aromatic N) is 1. The largest absolute Gasteiger partial charge is 0.343 e. The van der Waals surface area contributed by atoms with Crippen LogP contribution < -0.4 is 5.32 Å². The number of carbonyl (C=O) groups is 2. The number of carbonyl (C=O) groups excluding carboxylic acids is 2. The van der Waals surface area contributed by atoms with Crippen LogP contribution in [0, 0.1) is 13.8 Å². The summed E-state index contributed by atoms with van der Waals surface area (Å²) in [6.45, 7) is 6.87. The van der Waals surface area contributed by atoms with E-state index in [0.717, 1.165) is 30.5 Å². The highest BCUT2D eigenvalue weighted by molar-refractivity contribution is 7.10. The summed E-state index contributed by atoms with van der Waals surface area (Å²) in [4.78, 5) is 28.3. The first-order valence-corrected chi connectivity index (χ1v) is 9.60. The van der Waals surface area contributed by atoms with E-state index in [9.17, 15) is 9.59 Å². The zero-order chi connectivity index (χ0) is 18.0. The Kier molecular flexibility index (Phi) is 5.23. The van der Waals surface area contributed by atoms with Crippen LogP contribution in [-0.2, 0) is 11.2 Å². The van der Waals surface area contributed by atoms with Gasteiger partial charge in [0.05, 0.1) is 12.6 Å².